The van der Waals surface area contributed by atoms with Gasteiger partial charge in [-0.25, -0.2) is 9.18 Å². The maximum absolute atomic E-state index is 13.4. The number of carbonyl (C=O) groups excluding carboxylic acids is 2. The van der Waals surface area contributed by atoms with E-state index in [0.29, 0.717) is 12.5 Å². The van der Waals surface area contributed by atoms with Crippen molar-refractivity contribution in [1.29, 1.82) is 0 Å². The predicted octanol–water partition coefficient (Wildman–Crippen LogP) is 3.52. The average molecular weight is 423 g/mol. The second-order valence-electron chi connectivity index (χ2n) is 9.16. The number of rotatable bonds is 7. The highest BCUT2D eigenvalue weighted by Gasteiger charge is 2.73. The van der Waals surface area contributed by atoms with Gasteiger partial charge in [-0.2, -0.15) is 0 Å². The molecule has 2 amide bonds. The summed E-state index contributed by atoms with van der Waals surface area (Å²) in [6.07, 6.45) is 5.91. The fraction of sp³-hybridized carbons (Fsp3) is 0.619. The van der Waals surface area contributed by atoms with E-state index >= 15 is 0 Å². The molecule has 6 rings (SSSR count). The van der Waals surface area contributed by atoms with E-state index in [-0.39, 0.29) is 46.4 Å². The van der Waals surface area contributed by atoms with E-state index in [2.05, 4.69) is 5.32 Å². The van der Waals surface area contributed by atoms with Crippen molar-refractivity contribution < 1.29 is 23.5 Å². The van der Waals surface area contributed by atoms with Crippen LogP contribution >= 0.6 is 11.6 Å². The topological polar surface area (TPSA) is 67.9 Å². The van der Waals surface area contributed by atoms with E-state index in [1.165, 1.54) is 31.4 Å². The summed E-state index contributed by atoms with van der Waals surface area (Å²) in [6.45, 7) is 1.31. The van der Waals surface area contributed by atoms with Gasteiger partial charge in [0.25, 0.3) is 5.91 Å². The van der Waals surface area contributed by atoms with Crippen LogP contribution in [0.1, 0.15) is 38.5 Å². The molecule has 1 atom stereocenters. The minimum absolute atomic E-state index is 0.0114. The molecule has 156 valence electrons. The molecule has 1 saturated heterocycles. The zero-order valence-corrected chi connectivity index (χ0v) is 16.8. The van der Waals surface area contributed by atoms with Gasteiger partial charge in [-0.3, -0.25) is 4.79 Å². The maximum Gasteiger partial charge on any atom is 0.410 e. The van der Waals surface area contributed by atoms with Crippen LogP contribution in [0.5, 0.6) is 5.75 Å². The predicted molar refractivity (Wildman–Crippen MR) is 103 cm³/mol. The number of halogens is 2. The molecule has 0 aromatic heterocycles. The molecule has 1 aliphatic heterocycles. The first kappa shape index (κ1) is 19.0. The maximum atomic E-state index is 13.4. The Morgan fingerprint density at radius 3 is 2.76 bits per heavy atom. The Morgan fingerprint density at radius 1 is 1.34 bits per heavy atom. The fourth-order valence-electron chi connectivity index (χ4n) is 5.35. The third-order valence-electron chi connectivity index (χ3n) is 7.01. The molecule has 0 unspecified atom stereocenters. The van der Waals surface area contributed by atoms with Crippen LogP contribution in [0.3, 0.4) is 0 Å². The highest BCUT2D eigenvalue weighted by atomic mass is 35.5. The smallest absolute Gasteiger partial charge is 0.410 e. The van der Waals surface area contributed by atoms with Gasteiger partial charge < -0.3 is 19.7 Å². The van der Waals surface area contributed by atoms with Crippen molar-refractivity contribution in [3.05, 3.63) is 29.0 Å². The van der Waals surface area contributed by atoms with E-state index in [0.717, 1.165) is 31.9 Å². The number of benzene rings is 1. The molecule has 5 fully saturated rings. The van der Waals surface area contributed by atoms with Crippen molar-refractivity contribution in [1.82, 2.24) is 10.2 Å². The molecule has 2 bridgehead atoms. The monoisotopic (exact) mass is 422 g/mol. The fourth-order valence-corrected chi connectivity index (χ4v) is 5.47. The molecule has 6 nitrogen and oxygen atoms in total. The molecule has 1 N–H and O–H groups in total. The van der Waals surface area contributed by atoms with E-state index in [1.54, 1.807) is 0 Å². The standard InChI is InChI=1S/C21H24ClFN2O4/c22-15-5-4-14(6-16(15)23)28-9-18(26)24-21-10-20(11-21,12-21)17-8-25(19(27)29-17)7-13-2-1-3-13/h4-6,13,17H,1-3,7-12H2,(H,24,26)/t17-,20?,21?/m1/s1. The van der Waals surface area contributed by atoms with Crippen LogP contribution in [-0.4, -0.2) is 48.2 Å². The molecule has 1 aromatic rings. The summed E-state index contributed by atoms with van der Waals surface area (Å²) < 4.78 is 24.5. The van der Waals surface area contributed by atoms with Gasteiger partial charge in [0.15, 0.2) is 6.61 Å². The molecule has 0 radical (unpaired) electrons. The highest BCUT2D eigenvalue weighted by molar-refractivity contribution is 6.30. The van der Waals surface area contributed by atoms with Gasteiger partial charge in [-0.05, 0) is 50.2 Å². The van der Waals surface area contributed by atoms with Gasteiger partial charge >= 0.3 is 6.09 Å². The molecular formula is C21H24ClFN2O4. The first-order valence-electron chi connectivity index (χ1n) is 10.2. The Morgan fingerprint density at radius 2 is 2.10 bits per heavy atom. The van der Waals surface area contributed by atoms with Gasteiger partial charge in [0.2, 0.25) is 0 Å². The molecule has 0 spiro atoms. The van der Waals surface area contributed by atoms with Crippen LogP contribution in [0.25, 0.3) is 0 Å². The molecule has 4 saturated carbocycles. The lowest BCUT2D eigenvalue weighted by Gasteiger charge is -2.71. The van der Waals surface area contributed by atoms with Crippen molar-refractivity contribution in [2.45, 2.75) is 50.2 Å². The molecule has 8 heteroatoms. The Bertz CT molecular complexity index is 839. The minimum Gasteiger partial charge on any atom is -0.484 e. The Kier molecular flexibility index (Phi) is 4.42. The summed E-state index contributed by atoms with van der Waals surface area (Å²) in [6, 6.07) is 4.08. The quantitative estimate of drug-likeness (QED) is 0.730. The van der Waals surface area contributed by atoms with Crippen LogP contribution in [0.4, 0.5) is 9.18 Å². The lowest BCUT2D eigenvalue weighted by molar-refractivity contribution is -0.206. The van der Waals surface area contributed by atoms with Crippen LogP contribution < -0.4 is 10.1 Å². The normalized spacial score (nSPS) is 32.7. The molecular weight excluding hydrogens is 399 g/mol. The lowest BCUT2D eigenvalue weighted by Crippen LogP contribution is -2.78. The summed E-state index contributed by atoms with van der Waals surface area (Å²) in [4.78, 5) is 26.3. The second kappa shape index (κ2) is 6.76. The molecule has 1 heterocycles. The molecule has 1 aromatic carbocycles. The van der Waals surface area contributed by atoms with Gasteiger partial charge in [-0.1, -0.05) is 18.0 Å². The number of ether oxygens (including phenoxy) is 2. The number of carbonyl (C=O) groups is 2. The van der Waals surface area contributed by atoms with Crippen molar-refractivity contribution in [3.8, 4) is 5.75 Å². The first-order chi connectivity index (χ1) is 13.9. The Hall–Kier alpha value is -2.02. The highest BCUT2D eigenvalue weighted by Crippen LogP contribution is 2.69. The first-order valence-corrected chi connectivity index (χ1v) is 10.6. The summed E-state index contributed by atoms with van der Waals surface area (Å²) >= 11 is 5.64. The number of hydrogen-bond acceptors (Lipinski definition) is 4. The Balaban J connectivity index is 1.08. The molecule has 4 aliphatic carbocycles. The van der Waals surface area contributed by atoms with Crippen LogP contribution in [0.2, 0.25) is 5.02 Å². The second-order valence-corrected chi connectivity index (χ2v) is 9.57. The summed E-state index contributed by atoms with van der Waals surface area (Å²) in [7, 11) is 0. The SMILES string of the molecule is O=C(COc1ccc(Cl)c(F)c1)NC12CC([C@H]3CN(CC4CCC4)C(=O)O3)(C1)C2. The third-order valence-corrected chi connectivity index (χ3v) is 7.32. The van der Waals surface area contributed by atoms with Crippen molar-refractivity contribution in [3.63, 3.8) is 0 Å². The Labute approximate surface area is 173 Å². The van der Waals surface area contributed by atoms with Gasteiger partial charge in [-0.15, -0.1) is 0 Å². The number of nitrogens with one attached hydrogen (secondary N) is 1. The summed E-state index contributed by atoms with van der Waals surface area (Å²) in [5.74, 6) is 0.0849. The number of nitrogens with zero attached hydrogens (tertiary/aromatic N) is 1. The van der Waals surface area contributed by atoms with E-state index in [9.17, 15) is 14.0 Å². The zero-order valence-electron chi connectivity index (χ0n) is 16.1. The molecule has 29 heavy (non-hydrogen) atoms. The van der Waals surface area contributed by atoms with Gasteiger partial charge in [0, 0.05) is 23.6 Å². The van der Waals surface area contributed by atoms with E-state index in [4.69, 9.17) is 21.1 Å². The number of amides is 2. The third kappa shape index (κ3) is 3.33. The lowest BCUT2D eigenvalue weighted by atomic mass is 9.37. The molecule has 5 aliphatic rings. The van der Waals surface area contributed by atoms with Crippen molar-refractivity contribution in [2.24, 2.45) is 11.3 Å². The number of hydrogen-bond donors (Lipinski definition) is 1. The summed E-state index contributed by atoms with van der Waals surface area (Å²) in [5.41, 5.74) is -0.197. The van der Waals surface area contributed by atoms with Crippen LogP contribution in [0, 0.1) is 17.2 Å². The average Bonchev–Trinajstić information content (AvgIpc) is 2.94. The van der Waals surface area contributed by atoms with Crippen LogP contribution in [0.15, 0.2) is 18.2 Å². The zero-order chi connectivity index (χ0) is 20.2. The van der Waals surface area contributed by atoms with Crippen molar-refractivity contribution >= 4 is 23.6 Å². The van der Waals surface area contributed by atoms with Crippen LogP contribution in [-0.2, 0) is 9.53 Å². The van der Waals surface area contributed by atoms with Gasteiger partial charge in [0.05, 0.1) is 11.6 Å². The summed E-state index contributed by atoms with van der Waals surface area (Å²) in [5, 5.41) is 3.05. The minimum atomic E-state index is -0.580. The van der Waals surface area contributed by atoms with E-state index in [1.807, 2.05) is 4.90 Å². The van der Waals surface area contributed by atoms with Crippen molar-refractivity contribution in [2.75, 3.05) is 19.7 Å². The van der Waals surface area contributed by atoms with E-state index < -0.39 is 5.82 Å². The van der Waals surface area contributed by atoms with Gasteiger partial charge in [0.1, 0.15) is 17.7 Å². The number of cyclic esters (lactones) is 1. The largest absolute Gasteiger partial charge is 0.484 e.